The molecule has 16 heavy (non-hydrogen) atoms. The molecule has 92 valence electrons. The van der Waals surface area contributed by atoms with Gasteiger partial charge in [-0.25, -0.2) is 0 Å². The average molecular weight is 341 g/mol. The van der Waals surface area contributed by atoms with Gasteiger partial charge < -0.3 is 10.8 Å². The summed E-state index contributed by atoms with van der Waals surface area (Å²) >= 11 is 8.43. The van der Waals surface area contributed by atoms with Gasteiger partial charge in [0.25, 0.3) is 0 Å². The van der Waals surface area contributed by atoms with E-state index in [1.54, 1.807) is 0 Å². The third-order valence-electron chi connectivity index (χ3n) is 1.75. The minimum absolute atomic E-state index is 0. The van der Waals surface area contributed by atoms with Gasteiger partial charge in [-0.2, -0.15) is 13.2 Å². The zero-order valence-electron chi connectivity index (χ0n) is 7.55. The lowest BCUT2D eigenvalue weighted by Gasteiger charge is -2.17. The van der Waals surface area contributed by atoms with Crippen molar-refractivity contribution >= 4 is 39.9 Å². The van der Waals surface area contributed by atoms with Gasteiger partial charge in [0.05, 0.1) is 4.47 Å². The lowest BCUT2D eigenvalue weighted by atomic mass is 10.1. The lowest BCUT2D eigenvalue weighted by molar-refractivity contribution is -0.149. The SMILES string of the molecule is Cl.N[C@H](c1cc(Cl)cc(Br)c1O)C(F)(F)F. The van der Waals surface area contributed by atoms with E-state index in [1.807, 2.05) is 0 Å². The molecule has 0 aliphatic carbocycles. The van der Waals surface area contributed by atoms with Crippen LogP contribution in [0.25, 0.3) is 0 Å². The summed E-state index contributed by atoms with van der Waals surface area (Å²) in [6.45, 7) is 0. The molecule has 1 atom stereocenters. The van der Waals surface area contributed by atoms with E-state index < -0.39 is 23.5 Å². The molecule has 0 aliphatic heterocycles. The molecule has 0 amide bonds. The summed E-state index contributed by atoms with van der Waals surface area (Å²) in [5.74, 6) is -0.552. The molecule has 0 spiro atoms. The first kappa shape index (κ1) is 15.8. The first-order chi connectivity index (χ1) is 6.73. The number of nitrogens with two attached hydrogens (primary N) is 1. The number of aromatic hydroxyl groups is 1. The molecule has 1 aromatic rings. The van der Waals surface area contributed by atoms with Crippen molar-refractivity contribution in [2.75, 3.05) is 0 Å². The maximum Gasteiger partial charge on any atom is 0.407 e. The van der Waals surface area contributed by atoms with Crippen LogP contribution in [0.15, 0.2) is 16.6 Å². The van der Waals surface area contributed by atoms with E-state index in [0.29, 0.717) is 0 Å². The molecule has 1 rings (SSSR count). The van der Waals surface area contributed by atoms with Crippen LogP contribution in [-0.4, -0.2) is 11.3 Å². The Balaban J connectivity index is 0.00000225. The maximum absolute atomic E-state index is 12.3. The molecule has 8 heteroatoms. The Morgan fingerprint density at radius 3 is 2.31 bits per heavy atom. The van der Waals surface area contributed by atoms with Crippen molar-refractivity contribution in [3.63, 3.8) is 0 Å². The third-order valence-corrected chi connectivity index (χ3v) is 2.57. The van der Waals surface area contributed by atoms with Crippen molar-refractivity contribution in [3.05, 3.63) is 27.2 Å². The highest BCUT2D eigenvalue weighted by atomic mass is 79.9. The number of benzene rings is 1. The number of phenols is 1. The first-order valence-electron chi connectivity index (χ1n) is 3.73. The zero-order chi connectivity index (χ0) is 11.8. The molecule has 0 fully saturated rings. The van der Waals surface area contributed by atoms with E-state index in [1.165, 1.54) is 6.07 Å². The van der Waals surface area contributed by atoms with Crippen LogP contribution < -0.4 is 5.73 Å². The monoisotopic (exact) mass is 339 g/mol. The minimum Gasteiger partial charge on any atom is -0.506 e. The average Bonchev–Trinajstić information content (AvgIpc) is 2.08. The molecule has 0 heterocycles. The van der Waals surface area contributed by atoms with E-state index in [0.717, 1.165) is 6.07 Å². The van der Waals surface area contributed by atoms with E-state index >= 15 is 0 Å². The Morgan fingerprint density at radius 1 is 1.38 bits per heavy atom. The summed E-state index contributed by atoms with van der Waals surface area (Å²) in [6.07, 6.45) is -4.62. The molecule has 2 nitrogen and oxygen atoms in total. The summed E-state index contributed by atoms with van der Waals surface area (Å²) < 4.78 is 36.9. The minimum atomic E-state index is -4.62. The fourth-order valence-electron chi connectivity index (χ4n) is 0.999. The second-order valence-corrected chi connectivity index (χ2v) is 4.14. The predicted octanol–water partition coefficient (Wildman–Crippen LogP) is 3.79. The Kier molecular flexibility index (Phi) is 5.38. The van der Waals surface area contributed by atoms with Gasteiger partial charge >= 0.3 is 6.18 Å². The smallest absolute Gasteiger partial charge is 0.407 e. The molecular weight excluding hydrogens is 334 g/mol. The molecule has 0 saturated heterocycles. The van der Waals surface area contributed by atoms with Gasteiger partial charge in [0, 0.05) is 10.6 Å². The first-order valence-corrected chi connectivity index (χ1v) is 4.90. The zero-order valence-corrected chi connectivity index (χ0v) is 10.7. The highest BCUT2D eigenvalue weighted by molar-refractivity contribution is 9.10. The fraction of sp³-hybridized carbons (Fsp3) is 0.250. The second-order valence-electron chi connectivity index (χ2n) is 2.84. The van der Waals surface area contributed by atoms with E-state index in [2.05, 4.69) is 15.9 Å². The Bertz CT molecular complexity index is 386. The Labute approximate surface area is 109 Å². The van der Waals surface area contributed by atoms with Crippen LogP contribution in [0, 0.1) is 0 Å². The summed E-state index contributed by atoms with van der Waals surface area (Å²) in [6, 6.07) is 0.0102. The van der Waals surface area contributed by atoms with Gasteiger partial charge in [-0.15, -0.1) is 12.4 Å². The highest BCUT2D eigenvalue weighted by Crippen LogP contribution is 2.40. The topological polar surface area (TPSA) is 46.2 Å². The quantitative estimate of drug-likeness (QED) is 0.817. The molecular formula is C8H7BrCl2F3NO. The highest BCUT2D eigenvalue weighted by Gasteiger charge is 2.39. The van der Waals surface area contributed by atoms with E-state index in [9.17, 15) is 18.3 Å². The standard InChI is InChI=1S/C8H6BrClF3NO.ClH/c9-5-2-3(10)1-4(6(5)15)7(14)8(11,12)13;/h1-2,7,15H,14H2;1H/t7-;/m1./s1. The molecule has 0 aromatic heterocycles. The van der Waals surface area contributed by atoms with Crippen LogP contribution >= 0.6 is 39.9 Å². The third kappa shape index (κ3) is 3.41. The molecule has 0 unspecified atom stereocenters. The number of phenolic OH excluding ortho intramolecular Hbond substituents is 1. The van der Waals surface area contributed by atoms with Crippen molar-refractivity contribution in [2.45, 2.75) is 12.2 Å². The van der Waals surface area contributed by atoms with Crippen LogP contribution in [0.3, 0.4) is 0 Å². The van der Waals surface area contributed by atoms with E-state index in [4.69, 9.17) is 17.3 Å². The number of halogens is 6. The van der Waals surface area contributed by atoms with Crippen LogP contribution in [0.1, 0.15) is 11.6 Å². The Morgan fingerprint density at radius 2 is 1.88 bits per heavy atom. The van der Waals surface area contributed by atoms with E-state index in [-0.39, 0.29) is 21.9 Å². The second kappa shape index (κ2) is 5.44. The van der Waals surface area contributed by atoms with Crippen molar-refractivity contribution in [3.8, 4) is 5.75 Å². The van der Waals surface area contributed by atoms with Crippen molar-refractivity contribution in [2.24, 2.45) is 5.73 Å². The summed E-state index contributed by atoms with van der Waals surface area (Å²) in [5.41, 5.74) is 4.49. The molecule has 0 bridgehead atoms. The van der Waals surface area contributed by atoms with Crippen LogP contribution in [0.4, 0.5) is 13.2 Å². The van der Waals surface area contributed by atoms with Gasteiger partial charge in [-0.3, -0.25) is 0 Å². The van der Waals surface area contributed by atoms with Gasteiger partial charge in [0.2, 0.25) is 0 Å². The maximum atomic E-state index is 12.3. The van der Waals surface area contributed by atoms with Gasteiger partial charge in [0.1, 0.15) is 11.8 Å². The molecule has 0 saturated carbocycles. The number of rotatable bonds is 1. The molecule has 3 N–H and O–H groups in total. The van der Waals surface area contributed by atoms with Crippen molar-refractivity contribution in [1.82, 2.24) is 0 Å². The number of hydrogen-bond donors (Lipinski definition) is 2. The fourth-order valence-corrected chi connectivity index (χ4v) is 1.83. The van der Waals surface area contributed by atoms with Crippen molar-refractivity contribution in [1.29, 1.82) is 0 Å². The predicted molar refractivity (Wildman–Crippen MR) is 61.0 cm³/mol. The van der Waals surface area contributed by atoms with Crippen LogP contribution in [0.2, 0.25) is 5.02 Å². The summed E-state index contributed by atoms with van der Waals surface area (Å²) in [7, 11) is 0. The molecule has 0 aliphatic rings. The largest absolute Gasteiger partial charge is 0.506 e. The lowest BCUT2D eigenvalue weighted by Crippen LogP contribution is -2.28. The van der Waals surface area contributed by atoms with Gasteiger partial charge in [0.15, 0.2) is 0 Å². The van der Waals surface area contributed by atoms with Gasteiger partial charge in [-0.1, -0.05) is 11.6 Å². The van der Waals surface area contributed by atoms with Crippen LogP contribution in [-0.2, 0) is 0 Å². The molecule has 1 aromatic carbocycles. The normalized spacial score (nSPS) is 13.1. The van der Waals surface area contributed by atoms with Crippen molar-refractivity contribution < 1.29 is 18.3 Å². The summed E-state index contributed by atoms with van der Waals surface area (Å²) in [5, 5.41) is 9.43. The van der Waals surface area contributed by atoms with Crippen LogP contribution in [0.5, 0.6) is 5.75 Å². The molecule has 0 radical (unpaired) electrons. The number of alkyl halides is 3. The van der Waals surface area contributed by atoms with Gasteiger partial charge in [-0.05, 0) is 28.1 Å². The Hall–Kier alpha value is -0.170. The number of hydrogen-bond acceptors (Lipinski definition) is 2. The summed E-state index contributed by atoms with van der Waals surface area (Å²) in [4.78, 5) is 0.